The molecule has 2 fully saturated rings. The Morgan fingerprint density at radius 1 is 1.16 bits per heavy atom. The summed E-state index contributed by atoms with van der Waals surface area (Å²) >= 11 is 1.41. The lowest BCUT2D eigenvalue weighted by atomic mass is 9.96. The van der Waals surface area contributed by atoms with Crippen molar-refractivity contribution in [3.8, 4) is 11.8 Å². The number of aliphatic hydroxyl groups is 1. The summed E-state index contributed by atoms with van der Waals surface area (Å²) in [6.45, 7) is 5.31. The van der Waals surface area contributed by atoms with E-state index in [2.05, 4.69) is 16.7 Å². The van der Waals surface area contributed by atoms with E-state index in [0.717, 1.165) is 5.56 Å². The molecule has 9 nitrogen and oxygen atoms in total. The molecule has 4 N–H and O–H groups in total. The third-order valence-electron chi connectivity index (χ3n) is 7.20. The van der Waals surface area contributed by atoms with Gasteiger partial charge in [0.15, 0.2) is 6.10 Å². The summed E-state index contributed by atoms with van der Waals surface area (Å²) in [5, 5.41) is 36.4. The highest BCUT2D eigenvalue weighted by molar-refractivity contribution is 8.00. The first-order valence-corrected chi connectivity index (χ1v) is 13.5. The van der Waals surface area contributed by atoms with Crippen molar-refractivity contribution in [1.82, 2.24) is 15.5 Å². The van der Waals surface area contributed by atoms with Gasteiger partial charge < -0.3 is 25.7 Å². The standard InChI is InChI=1S/C28H32N4O5S/c1-17-19(10-7-11-21(17)33)24(35)30-20(14-18-8-5-4-6-9-18)22(34)26(37)32-16-38-27(2,3)23(32)25(36)31-28(15-29)12-13-28/h4-11,20,22-23,33-34H,12-14,16H2,1-3H3,(H,30,35)(H,31,36)/t20-,22-,23+/m0/s1. The van der Waals surface area contributed by atoms with E-state index in [0.29, 0.717) is 18.4 Å². The van der Waals surface area contributed by atoms with Crippen LogP contribution in [0.15, 0.2) is 48.5 Å². The zero-order chi connectivity index (χ0) is 27.7. The second kappa shape index (κ2) is 10.7. The van der Waals surface area contributed by atoms with Crippen LogP contribution >= 0.6 is 11.8 Å². The van der Waals surface area contributed by atoms with Crippen LogP contribution in [-0.2, 0) is 16.0 Å². The summed E-state index contributed by atoms with van der Waals surface area (Å²) in [6.07, 6.45) is -0.361. The number of carbonyl (C=O) groups excluding carboxylic acids is 3. The van der Waals surface area contributed by atoms with Crippen LogP contribution in [0.1, 0.15) is 48.2 Å². The van der Waals surface area contributed by atoms with Gasteiger partial charge >= 0.3 is 0 Å². The van der Waals surface area contributed by atoms with Crippen molar-refractivity contribution >= 4 is 29.5 Å². The van der Waals surface area contributed by atoms with E-state index in [9.17, 15) is 29.9 Å². The van der Waals surface area contributed by atoms with Crippen molar-refractivity contribution in [2.75, 3.05) is 5.88 Å². The third kappa shape index (κ3) is 5.64. The fraction of sp³-hybridized carbons (Fsp3) is 0.429. The Morgan fingerprint density at radius 2 is 1.84 bits per heavy atom. The number of hydrogen-bond donors (Lipinski definition) is 4. The zero-order valence-corrected chi connectivity index (χ0v) is 22.4. The van der Waals surface area contributed by atoms with Gasteiger partial charge in [-0.05, 0) is 57.7 Å². The number of carbonyl (C=O) groups is 3. The van der Waals surface area contributed by atoms with Crippen LogP contribution in [0.5, 0.6) is 5.75 Å². The van der Waals surface area contributed by atoms with E-state index < -0.39 is 46.2 Å². The molecule has 1 heterocycles. The Hall–Kier alpha value is -3.55. The van der Waals surface area contributed by atoms with Crippen LogP contribution < -0.4 is 10.6 Å². The molecule has 3 amide bonds. The molecule has 1 aliphatic carbocycles. The number of phenolic OH excluding ortho intramolecular Hbond substituents is 1. The number of benzene rings is 2. The molecule has 2 aromatic rings. The Morgan fingerprint density at radius 3 is 2.47 bits per heavy atom. The Labute approximate surface area is 226 Å². The van der Waals surface area contributed by atoms with E-state index in [1.165, 1.54) is 22.7 Å². The summed E-state index contributed by atoms with van der Waals surface area (Å²) in [6, 6.07) is 14.0. The molecule has 10 heteroatoms. The molecule has 0 radical (unpaired) electrons. The highest BCUT2D eigenvalue weighted by Gasteiger charge is 2.53. The van der Waals surface area contributed by atoms with Crippen molar-refractivity contribution in [2.24, 2.45) is 0 Å². The van der Waals surface area contributed by atoms with Gasteiger partial charge in [0.2, 0.25) is 5.91 Å². The molecule has 3 atom stereocenters. The smallest absolute Gasteiger partial charge is 0.254 e. The molecule has 200 valence electrons. The molecule has 38 heavy (non-hydrogen) atoms. The van der Waals surface area contributed by atoms with E-state index in [1.807, 2.05) is 44.2 Å². The number of hydrogen-bond acceptors (Lipinski definition) is 7. The van der Waals surface area contributed by atoms with Gasteiger partial charge in [-0.2, -0.15) is 5.26 Å². The van der Waals surface area contributed by atoms with Gasteiger partial charge in [-0.1, -0.05) is 36.4 Å². The maximum absolute atomic E-state index is 13.7. The minimum Gasteiger partial charge on any atom is -0.508 e. The van der Waals surface area contributed by atoms with E-state index in [1.54, 1.807) is 19.1 Å². The minimum absolute atomic E-state index is 0.0372. The summed E-state index contributed by atoms with van der Waals surface area (Å²) in [4.78, 5) is 41.5. The molecule has 1 saturated carbocycles. The second-order valence-electron chi connectivity index (χ2n) is 10.4. The number of phenols is 1. The van der Waals surface area contributed by atoms with Crippen LogP contribution in [0.25, 0.3) is 0 Å². The molecule has 0 unspecified atom stereocenters. The number of aromatic hydroxyl groups is 1. The molecule has 0 aromatic heterocycles. The lowest BCUT2D eigenvalue weighted by molar-refractivity contribution is -0.147. The maximum Gasteiger partial charge on any atom is 0.254 e. The molecule has 1 saturated heterocycles. The lowest BCUT2D eigenvalue weighted by Crippen LogP contribution is -2.59. The minimum atomic E-state index is -1.65. The largest absolute Gasteiger partial charge is 0.508 e. The first-order chi connectivity index (χ1) is 18.0. The van der Waals surface area contributed by atoms with Crippen molar-refractivity contribution < 1.29 is 24.6 Å². The summed E-state index contributed by atoms with van der Waals surface area (Å²) in [7, 11) is 0. The van der Waals surface area contributed by atoms with Crippen LogP contribution in [-0.4, -0.2) is 67.2 Å². The Kier molecular flexibility index (Phi) is 7.72. The number of nitrogens with one attached hydrogen (secondary N) is 2. The van der Waals surface area contributed by atoms with Gasteiger partial charge in [-0.3, -0.25) is 14.4 Å². The summed E-state index contributed by atoms with van der Waals surface area (Å²) < 4.78 is -0.651. The number of nitriles is 1. The van der Waals surface area contributed by atoms with Gasteiger partial charge in [0.25, 0.3) is 11.8 Å². The zero-order valence-electron chi connectivity index (χ0n) is 21.6. The maximum atomic E-state index is 13.7. The average molecular weight is 537 g/mol. The van der Waals surface area contributed by atoms with Gasteiger partial charge in [0, 0.05) is 15.9 Å². The molecule has 0 spiro atoms. The highest BCUT2D eigenvalue weighted by Crippen LogP contribution is 2.41. The van der Waals surface area contributed by atoms with Gasteiger partial charge in [0.1, 0.15) is 17.3 Å². The van der Waals surface area contributed by atoms with E-state index in [-0.39, 0.29) is 23.6 Å². The number of nitrogens with zero attached hydrogens (tertiary/aromatic N) is 2. The molecule has 4 rings (SSSR count). The van der Waals surface area contributed by atoms with E-state index in [4.69, 9.17) is 0 Å². The fourth-order valence-electron chi connectivity index (χ4n) is 4.67. The Bertz CT molecular complexity index is 1270. The lowest BCUT2D eigenvalue weighted by Gasteiger charge is -2.33. The quantitative estimate of drug-likeness (QED) is 0.405. The van der Waals surface area contributed by atoms with Crippen LogP contribution in [0.3, 0.4) is 0 Å². The highest BCUT2D eigenvalue weighted by atomic mass is 32.2. The van der Waals surface area contributed by atoms with Crippen molar-refractivity contribution in [3.05, 3.63) is 65.2 Å². The van der Waals surface area contributed by atoms with Gasteiger partial charge in [0.05, 0.1) is 18.0 Å². The van der Waals surface area contributed by atoms with Crippen LogP contribution in [0.2, 0.25) is 0 Å². The first kappa shape index (κ1) is 27.5. The predicted molar refractivity (Wildman–Crippen MR) is 143 cm³/mol. The summed E-state index contributed by atoms with van der Waals surface area (Å²) in [5.74, 6) is -1.51. The van der Waals surface area contributed by atoms with Crippen molar-refractivity contribution in [2.45, 2.75) is 68.5 Å². The molecule has 2 aromatic carbocycles. The van der Waals surface area contributed by atoms with E-state index >= 15 is 0 Å². The molecule has 2 aliphatic rings. The summed E-state index contributed by atoms with van der Waals surface area (Å²) in [5.41, 5.74) is 0.512. The fourth-order valence-corrected chi connectivity index (χ4v) is 5.81. The van der Waals surface area contributed by atoms with Crippen molar-refractivity contribution in [1.29, 1.82) is 5.26 Å². The molecular weight excluding hydrogens is 504 g/mol. The predicted octanol–water partition coefficient (Wildman–Crippen LogP) is 2.26. The number of aliphatic hydroxyl groups excluding tert-OH is 1. The van der Waals surface area contributed by atoms with Crippen LogP contribution in [0.4, 0.5) is 0 Å². The van der Waals surface area contributed by atoms with Crippen LogP contribution in [0, 0.1) is 18.3 Å². The first-order valence-electron chi connectivity index (χ1n) is 12.5. The normalized spacial score (nSPS) is 20.6. The topological polar surface area (TPSA) is 143 Å². The van der Waals surface area contributed by atoms with Gasteiger partial charge in [-0.25, -0.2) is 0 Å². The number of thioether (sulfide) groups is 1. The Balaban J connectivity index is 1.59. The SMILES string of the molecule is Cc1c(O)cccc1C(=O)N[C@@H](Cc1ccccc1)[C@H](O)C(=O)N1CSC(C)(C)[C@H]1C(=O)NC1(C#N)CC1. The third-order valence-corrected chi connectivity index (χ3v) is 8.58. The van der Waals surface area contributed by atoms with Crippen molar-refractivity contribution in [3.63, 3.8) is 0 Å². The molecular formula is C28H32N4O5S. The second-order valence-corrected chi connectivity index (χ2v) is 12.0. The van der Waals surface area contributed by atoms with Gasteiger partial charge in [-0.15, -0.1) is 11.8 Å². The number of rotatable bonds is 8. The average Bonchev–Trinajstić information content (AvgIpc) is 3.58. The molecule has 0 bridgehead atoms. The molecule has 1 aliphatic heterocycles. The monoisotopic (exact) mass is 536 g/mol. The number of amides is 3.